The number of halogens is 1. The van der Waals surface area contributed by atoms with Crippen LogP contribution in [0.15, 0.2) is 23.6 Å². The predicted octanol–water partition coefficient (Wildman–Crippen LogP) is 2.79. The maximum absolute atomic E-state index is 13.2. The van der Waals surface area contributed by atoms with E-state index in [0.29, 0.717) is 18.8 Å². The van der Waals surface area contributed by atoms with Crippen molar-refractivity contribution in [3.8, 4) is 0 Å². The maximum Gasteiger partial charge on any atom is 0.272 e. The van der Waals surface area contributed by atoms with Gasteiger partial charge in [0, 0.05) is 18.0 Å². The Morgan fingerprint density at radius 1 is 1.42 bits per heavy atom. The molecule has 0 saturated heterocycles. The first kappa shape index (κ1) is 12.3. The van der Waals surface area contributed by atoms with E-state index in [2.05, 4.69) is 16.4 Å². The van der Waals surface area contributed by atoms with Crippen molar-refractivity contribution in [1.82, 2.24) is 9.88 Å². The van der Waals surface area contributed by atoms with E-state index in [0.717, 1.165) is 6.42 Å². The highest BCUT2D eigenvalue weighted by Gasteiger charge is 2.23. The number of aryl methyl sites for hydroxylation is 1. The van der Waals surface area contributed by atoms with Gasteiger partial charge >= 0.3 is 0 Å². The first-order valence-corrected chi connectivity index (χ1v) is 7.01. The van der Waals surface area contributed by atoms with Gasteiger partial charge in [0.2, 0.25) is 0 Å². The summed E-state index contributed by atoms with van der Waals surface area (Å²) in [5, 5.41) is 2.05. The van der Waals surface area contributed by atoms with Crippen LogP contribution >= 0.6 is 11.3 Å². The van der Waals surface area contributed by atoms with Gasteiger partial charge in [0.25, 0.3) is 5.91 Å². The number of carbonyl (C=O) groups excluding carboxylic acids is 1. The number of nitrogens with zero attached hydrogens (tertiary/aromatic N) is 2. The van der Waals surface area contributed by atoms with Gasteiger partial charge in [-0.3, -0.25) is 4.79 Å². The second kappa shape index (κ2) is 4.74. The van der Waals surface area contributed by atoms with Gasteiger partial charge in [-0.05, 0) is 42.5 Å². The molecule has 3 heterocycles. The zero-order valence-corrected chi connectivity index (χ0v) is 11.3. The predicted molar refractivity (Wildman–Crippen MR) is 71.7 cm³/mol. The van der Waals surface area contributed by atoms with Crippen LogP contribution in [-0.2, 0) is 13.0 Å². The van der Waals surface area contributed by atoms with E-state index in [4.69, 9.17) is 0 Å². The number of amides is 1. The molecule has 19 heavy (non-hydrogen) atoms. The molecular formula is C14H13FN2OS. The summed E-state index contributed by atoms with van der Waals surface area (Å²) in [4.78, 5) is 19.5. The molecule has 2 aromatic rings. The van der Waals surface area contributed by atoms with Gasteiger partial charge < -0.3 is 4.90 Å². The van der Waals surface area contributed by atoms with Gasteiger partial charge in [0.05, 0.1) is 5.69 Å². The number of thiophene rings is 1. The van der Waals surface area contributed by atoms with E-state index >= 15 is 0 Å². The molecule has 0 atom stereocenters. The lowest BCUT2D eigenvalue weighted by Crippen LogP contribution is -2.35. The molecule has 2 aromatic heterocycles. The Morgan fingerprint density at radius 3 is 3.05 bits per heavy atom. The van der Waals surface area contributed by atoms with E-state index in [1.165, 1.54) is 22.6 Å². The lowest BCUT2D eigenvalue weighted by molar-refractivity contribution is 0.0729. The Balaban J connectivity index is 1.83. The third kappa shape index (κ3) is 2.26. The summed E-state index contributed by atoms with van der Waals surface area (Å²) in [7, 11) is 0. The van der Waals surface area contributed by atoms with Gasteiger partial charge in [-0.15, -0.1) is 11.3 Å². The van der Waals surface area contributed by atoms with Crippen LogP contribution in [0.5, 0.6) is 0 Å². The Kier molecular flexibility index (Phi) is 3.06. The third-order valence-electron chi connectivity index (χ3n) is 3.34. The summed E-state index contributed by atoms with van der Waals surface area (Å²) < 4.78 is 13.2. The fourth-order valence-corrected chi connectivity index (χ4v) is 3.14. The normalized spacial score (nSPS) is 14.3. The number of aromatic nitrogens is 1. The van der Waals surface area contributed by atoms with Gasteiger partial charge in [0.1, 0.15) is 11.5 Å². The molecular weight excluding hydrogens is 263 g/mol. The first-order valence-electron chi connectivity index (χ1n) is 6.13. The molecule has 0 spiro atoms. The number of hydrogen-bond donors (Lipinski definition) is 0. The summed E-state index contributed by atoms with van der Waals surface area (Å²) in [6, 6.07) is 4.81. The molecule has 0 N–H and O–H groups in total. The van der Waals surface area contributed by atoms with Crippen LogP contribution in [-0.4, -0.2) is 22.3 Å². The molecule has 0 saturated carbocycles. The zero-order chi connectivity index (χ0) is 13.4. The molecule has 0 unspecified atom stereocenters. The van der Waals surface area contributed by atoms with Crippen LogP contribution in [0.25, 0.3) is 0 Å². The highest BCUT2D eigenvalue weighted by molar-refractivity contribution is 7.10. The summed E-state index contributed by atoms with van der Waals surface area (Å²) in [6.07, 6.45) is 0.888. The Morgan fingerprint density at radius 2 is 2.26 bits per heavy atom. The summed E-state index contributed by atoms with van der Waals surface area (Å²) in [6.45, 7) is 2.89. The van der Waals surface area contributed by atoms with Crippen molar-refractivity contribution in [2.75, 3.05) is 6.54 Å². The van der Waals surface area contributed by atoms with E-state index in [9.17, 15) is 9.18 Å². The Labute approximate surface area is 114 Å². The van der Waals surface area contributed by atoms with Gasteiger partial charge in [-0.1, -0.05) is 0 Å². The average Bonchev–Trinajstić information content (AvgIpc) is 2.88. The van der Waals surface area contributed by atoms with E-state index in [1.54, 1.807) is 23.2 Å². The second-order valence-corrected chi connectivity index (χ2v) is 5.61. The molecule has 0 aliphatic carbocycles. The van der Waals surface area contributed by atoms with Crippen molar-refractivity contribution in [2.45, 2.75) is 19.9 Å². The molecule has 3 nitrogen and oxygen atoms in total. The van der Waals surface area contributed by atoms with Crippen LogP contribution < -0.4 is 0 Å². The summed E-state index contributed by atoms with van der Waals surface area (Å²) in [5.41, 5.74) is 1.79. The molecule has 0 fully saturated rings. The molecule has 1 amide bonds. The number of rotatable bonds is 1. The first-order chi connectivity index (χ1) is 9.15. The zero-order valence-electron chi connectivity index (χ0n) is 10.5. The smallest absolute Gasteiger partial charge is 0.272 e. The molecule has 0 aromatic carbocycles. The van der Waals surface area contributed by atoms with Crippen molar-refractivity contribution in [2.24, 2.45) is 0 Å². The van der Waals surface area contributed by atoms with Crippen LogP contribution in [0.2, 0.25) is 0 Å². The van der Waals surface area contributed by atoms with Crippen LogP contribution in [0.1, 0.15) is 26.6 Å². The number of pyridine rings is 1. The number of carbonyl (C=O) groups is 1. The van der Waals surface area contributed by atoms with Crippen LogP contribution in [0.3, 0.4) is 0 Å². The maximum atomic E-state index is 13.2. The minimum absolute atomic E-state index is 0.125. The molecule has 1 aliphatic rings. The van der Waals surface area contributed by atoms with Crippen molar-refractivity contribution >= 4 is 17.2 Å². The van der Waals surface area contributed by atoms with Crippen molar-refractivity contribution < 1.29 is 9.18 Å². The van der Waals surface area contributed by atoms with Crippen molar-refractivity contribution in [3.63, 3.8) is 0 Å². The van der Waals surface area contributed by atoms with Crippen molar-refractivity contribution in [1.29, 1.82) is 0 Å². The lowest BCUT2D eigenvalue weighted by atomic mass is 10.1. The highest BCUT2D eigenvalue weighted by Crippen LogP contribution is 2.24. The van der Waals surface area contributed by atoms with E-state index < -0.39 is 0 Å². The number of hydrogen-bond acceptors (Lipinski definition) is 3. The molecule has 98 valence electrons. The summed E-state index contributed by atoms with van der Waals surface area (Å²) >= 11 is 1.74. The fraction of sp³-hybridized carbons (Fsp3) is 0.286. The van der Waals surface area contributed by atoms with Gasteiger partial charge in [-0.25, -0.2) is 9.37 Å². The monoisotopic (exact) mass is 276 g/mol. The van der Waals surface area contributed by atoms with Crippen LogP contribution in [0, 0.1) is 12.7 Å². The molecule has 1 aliphatic heterocycles. The third-order valence-corrected chi connectivity index (χ3v) is 4.36. The SMILES string of the molecule is Cc1nc(C(=O)N2CCc3sccc3C2)ccc1F. The molecule has 0 radical (unpaired) electrons. The quantitative estimate of drug-likeness (QED) is 0.802. The average molecular weight is 276 g/mol. The largest absolute Gasteiger partial charge is 0.333 e. The highest BCUT2D eigenvalue weighted by atomic mass is 32.1. The van der Waals surface area contributed by atoms with Crippen LogP contribution in [0.4, 0.5) is 4.39 Å². The van der Waals surface area contributed by atoms with Crippen molar-refractivity contribution in [3.05, 3.63) is 51.2 Å². The second-order valence-electron chi connectivity index (χ2n) is 4.61. The molecule has 3 rings (SSSR count). The topological polar surface area (TPSA) is 33.2 Å². The summed E-state index contributed by atoms with van der Waals surface area (Å²) in [5.74, 6) is -0.504. The van der Waals surface area contributed by atoms with Gasteiger partial charge in [-0.2, -0.15) is 0 Å². The van der Waals surface area contributed by atoms with Gasteiger partial charge in [0.15, 0.2) is 0 Å². The Bertz CT molecular complexity index is 638. The fourth-order valence-electron chi connectivity index (χ4n) is 2.25. The number of fused-ring (bicyclic) bond motifs is 1. The minimum atomic E-state index is -0.379. The van der Waals surface area contributed by atoms with E-state index in [1.807, 2.05) is 0 Å². The standard InChI is InChI=1S/C14H13FN2OS/c1-9-11(15)2-3-12(16-9)14(18)17-6-4-13-10(8-17)5-7-19-13/h2-3,5,7H,4,6,8H2,1H3. The molecule has 5 heteroatoms. The van der Waals surface area contributed by atoms with E-state index in [-0.39, 0.29) is 17.4 Å². The Hall–Kier alpha value is -1.75. The molecule has 0 bridgehead atoms. The minimum Gasteiger partial charge on any atom is -0.333 e. The lowest BCUT2D eigenvalue weighted by Gasteiger charge is -2.26.